The summed E-state index contributed by atoms with van der Waals surface area (Å²) in [7, 11) is 0. The van der Waals surface area contributed by atoms with Gasteiger partial charge in [0.2, 0.25) is 5.95 Å². The Kier molecular flexibility index (Phi) is 3.87. The van der Waals surface area contributed by atoms with Gasteiger partial charge in [0, 0.05) is 24.8 Å². The van der Waals surface area contributed by atoms with Gasteiger partial charge in [-0.1, -0.05) is 30.3 Å². The van der Waals surface area contributed by atoms with Gasteiger partial charge in [-0.3, -0.25) is 4.98 Å². The molecule has 0 aliphatic rings. The van der Waals surface area contributed by atoms with Crippen molar-refractivity contribution in [1.82, 2.24) is 15.0 Å². The fraction of sp³-hybridized carbons (Fsp3) is 0.118. The minimum atomic E-state index is 0.148. The molecule has 0 aliphatic heterocycles. The minimum Gasteiger partial charge on any atom is -0.348 e. The molecule has 3 aromatic rings. The third-order valence-electron chi connectivity index (χ3n) is 3.32. The molecule has 4 heteroatoms. The predicted octanol–water partition coefficient (Wildman–Crippen LogP) is 3.71. The molecular formula is C17H16N4. The quantitative estimate of drug-likeness (QED) is 0.789. The molecule has 4 nitrogen and oxygen atoms in total. The van der Waals surface area contributed by atoms with Gasteiger partial charge in [-0.15, -0.1) is 0 Å². The van der Waals surface area contributed by atoms with Crippen molar-refractivity contribution in [2.75, 3.05) is 5.32 Å². The smallest absolute Gasteiger partial charge is 0.223 e. The molecule has 0 unspecified atom stereocenters. The third-order valence-corrected chi connectivity index (χ3v) is 3.32. The Bertz CT molecular complexity index is 681. The summed E-state index contributed by atoms with van der Waals surface area (Å²) in [5, 5.41) is 3.28. The number of benzene rings is 1. The molecular weight excluding hydrogens is 260 g/mol. The summed E-state index contributed by atoms with van der Waals surface area (Å²) in [5.41, 5.74) is 3.47. The molecule has 0 bridgehead atoms. The standard InChI is InChI=1S/C17H16N4/c1-13(21-17-19-10-3-11-20-17)14-5-7-15(8-6-14)16-4-2-9-18-12-16/h2-13H,1H3,(H,19,20,21)/t13-/m1/s1. The van der Waals surface area contributed by atoms with E-state index < -0.39 is 0 Å². The fourth-order valence-corrected chi connectivity index (χ4v) is 2.15. The predicted molar refractivity (Wildman–Crippen MR) is 83.7 cm³/mol. The van der Waals surface area contributed by atoms with Gasteiger partial charge in [-0.25, -0.2) is 9.97 Å². The number of nitrogens with zero attached hydrogens (tertiary/aromatic N) is 3. The van der Waals surface area contributed by atoms with E-state index in [4.69, 9.17) is 0 Å². The van der Waals surface area contributed by atoms with E-state index in [1.807, 2.05) is 12.3 Å². The number of anilines is 1. The molecule has 2 aromatic heterocycles. The summed E-state index contributed by atoms with van der Waals surface area (Å²) in [6, 6.07) is 14.4. The van der Waals surface area contributed by atoms with E-state index >= 15 is 0 Å². The highest BCUT2D eigenvalue weighted by Crippen LogP contribution is 2.22. The Balaban J connectivity index is 1.75. The third kappa shape index (κ3) is 3.23. The molecule has 2 heterocycles. The zero-order valence-corrected chi connectivity index (χ0v) is 11.8. The van der Waals surface area contributed by atoms with Gasteiger partial charge in [0.25, 0.3) is 0 Å². The van der Waals surface area contributed by atoms with E-state index in [1.54, 1.807) is 24.7 Å². The average molecular weight is 276 g/mol. The molecule has 0 amide bonds. The summed E-state index contributed by atoms with van der Waals surface area (Å²) >= 11 is 0. The average Bonchev–Trinajstić information content (AvgIpc) is 2.57. The van der Waals surface area contributed by atoms with E-state index in [0.29, 0.717) is 5.95 Å². The molecule has 0 saturated carbocycles. The lowest BCUT2D eigenvalue weighted by Gasteiger charge is -2.14. The van der Waals surface area contributed by atoms with Crippen LogP contribution in [0, 0.1) is 0 Å². The van der Waals surface area contributed by atoms with Gasteiger partial charge in [0.1, 0.15) is 0 Å². The number of aromatic nitrogens is 3. The first-order valence-electron chi connectivity index (χ1n) is 6.87. The Morgan fingerprint density at radius 2 is 1.62 bits per heavy atom. The van der Waals surface area contributed by atoms with Crippen LogP contribution >= 0.6 is 0 Å². The first-order valence-corrected chi connectivity index (χ1v) is 6.87. The summed E-state index contributed by atoms with van der Waals surface area (Å²) in [6.07, 6.45) is 7.11. The molecule has 0 radical (unpaired) electrons. The minimum absolute atomic E-state index is 0.148. The number of hydrogen-bond donors (Lipinski definition) is 1. The van der Waals surface area contributed by atoms with E-state index in [0.717, 1.165) is 11.1 Å². The van der Waals surface area contributed by atoms with Crippen LogP contribution in [0.1, 0.15) is 18.5 Å². The molecule has 0 aliphatic carbocycles. The number of hydrogen-bond acceptors (Lipinski definition) is 4. The Morgan fingerprint density at radius 3 is 2.29 bits per heavy atom. The van der Waals surface area contributed by atoms with Crippen molar-refractivity contribution >= 4 is 5.95 Å². The molecule has 0 spiro atoms. The number of rotatable bonds is 4. The van der Waals surface area contributed by atoms with E-state index in [2.05, 4.69) is 57.5 Å². The largest absolute Gasteiger partial charge is 0.348 e. The maximum absolute atomic E-state index is 4.18. The van der Waals surface area contributed by atoms with Crippen LogP contribution in [-0.2, 0) is 0 Å². The molecule has 1 N–H and O–H groups in total. The highest BCUT2D eigenvalue weighted by Gasteiger charge is 2.07. The zero-order valence-electron chi connectivity index (χ0n) is 11.8. The lowest BCUT2D eigenvalue weighted by molar-refractivity contribution is 0.860. The van der Waals surface area contributed by atoms with Gasteiger partial charge in [-0.2, -0.15) is 0 Å². The molecule has 3 rings (SSSR count). The number of pyridine rings is 1. The SMILES string of the molecule is C[C@@H](Nc1ncccn1)c1ccc(-c2cccnc2)cc1. The van der Waals surface area contributed by atoms with Gasteiger partial charge in [0.15, 0.2) is 0 Å². The molecule has 0 saturated heterocycles. The Hall–Kier alpha value is -2.75. The zero-order chi connectivity index (χ0) is 14.5. The summed E-state index contributed by atoms with van der Waals surface area (Å²) < 4.78 is 0. The van der Waals surface area contributed by atoms with Crippen molar-refractivity contribution in [3.63, 3.8) is 0 Å². The highest BCUT2D eigenvalue weighted by atomic mass is 15.1. The van der Waals surface area contributed by atoms with Crippen LogP contribution in [0.15, 0.2) is 67.3 Å². The fourth-order valence-electron chi connectivity index (χ4n) is 2.15. The van der Waals surface area contributed by atoms with Crippen LogP contribution in [0.5, 0.6) is 0 Å². The Morgan fingerprint density at radius 1 is 0.857 bits per heavy atom. The van der Waals surface area contributed by atoms with Crippen LogP contribution in [0.25, 0.3) is 11.1 Å². The van der Waals surface area contributed by atoms with E-state index in [-0.39, 0.29) is 6.04 Å². The van der Waals surface area contributed by atoms with Crippen molar-refractivity contribution in [2.24, 2.45) is 0 Å². The summed E-state index contributed by atoms with van der Waals surface area (Å²) in [4.78, 5) is 12.5. The first-order chi connectivity index (χ1) is 10.3. The first kappa shape index (κ1) is 13.2. The number of nitrogens with one attached hydrogen (secondary N) is 1. The second-order valence-electron chi connectivity index (χ2n) is 4.80. The molecule has 1 aromatic carbocycles. The van der Waals surface area contributed by atoms with Gasteiger partial charge >= 0.3 is 0 Å². The van der Waals surface area contributed by atoms with E-state index in [9.17, 15) is 0 Å². The molecule has 21 heavy (non-hydrogen) atoms. The van der Waals surface area contributed by atoms with Gasteiger partial charge in [0.05, 0.1) is 6.04 Å². The lowest BCUT2D eigenvalue weighted by atomic mass is 10.0. The molecule has 1 atom stereocenters. The van der Waals surface area contributed by atoms with Crippen molar-refractivity contribution in [3.8, 4) is 11.1 Å². The Labute approximate surface area is 123 Å². The second kappa shape index (κ2) is 6.13. The molecule has 0 fully saturated rings. The van der Waals surface area contributed by atoms with Gasteiger partial charge < -0.3 is 5.32 Å². The normalized spacial score (nSPS) is 11.9. The van der Waals surface area contributed by atoms with Crippen molar-refractivity contribution in [3.05, 3.63) is 72.8 Å². The van der Waals surface area contributed by atoms with Crippen molar-refractivity contribution < 1.29 is 0 Å². The lowest BCUT2D eigenvalue weighted by Crippen LogP contribution is -2.08. The summed E-state index contributed by atoms with van der Waals surface area (Å²) in [5.74, 6) is 0.640. The summed E-state index contributed by atoms with van der Waals surface area (Å²) in [6.45, 7) is 2.09. The van der Waals surface area contributed by atoms with E-state index in [1.165, 1.54) is 5.56 Å². The van der Waals surface area contributed by atoms with Crippen LogP contribution < -0.4 is 5.32 Å². The monoisotopic (exact) mass is 276 g/mol. The van der Waals surface area contributed by atoms with Crippen LogP contribution in [0.3, 0.4) is 0 Å². The highest BCUT2D eigenvalue weighted by molar-refractivity contribution is 5.62. The topological polar surface area (TPSA) is 50.7 Å². The molecule has 104 valence electrons. The van der Waals surface area contributed by atoms with Crippen LogP contribution in [0.2, 0.25) is 0 Å². The van der Waals surface area contributed by atoms with Crippen LogP contribution in [0.4, 0.5) is 5.95 Å². The van der Waals surface area contributed by atoms with Gasteiger partial charge in [-0.05, 0) is 35.7 Å². The van der Waals surface area contributed by atoms with Crippen molar-refractivity contribution in [2.45, 2.75) is 13.0 Å². The van der Waals surface area contributed by atoms with Crippen LogP contribution in [-0.4, -0.2) is 15.0 Å². The maximum atomic E-state index is 4.18. The maximum Gasteiger partial charge on any atom is 0.223 e. The van der Waals surface area contributed by atoms with Crippen molar-refractivity contribution in [1.29, 1.82) is 0 Å². The second-order valence-corrected chi connectivity index (χ2v) is 4.80.